The highest BCUT2D eigenvalue weighted by Crippen LogP contribution is 2.16. The summed E-state index contributed by atoms with van der Waals surface area (Å²) in [7, 11) is 0. The molecule has 0 radical (unpaired) electrons. The molecule has 5 heteroatoms. The van der Waals surface area contributed by atoms with Gasteiger partial charge in [0.15, 0.2) is 5.78 Å². The predicted octanol–water partition coefficient (Wildman–Crippen LogP) is 2.16. The number of fused-ring (bicyclic) bond motifs is 1. The maximum atomic E-state index is 12.5. The lowest BCUT2D eigenvalue weighted by Crippen LogP contribution is -2.47. The van der Waals surface area contributed by atoms with Crippen LogP contribution in [0.15, 0.2) is 18.2 Å². The molecule has 112 valence electrons. The molecule has 0 amide bonds. The Bertz CT molecular complexity index is 655. The van der Waals surface area contributed by atoms with Crippen LogP contribution in [0.3, 0.4) is 0 Å². The Kier molecular flexibility index (Phi) is 3.78. The zero-order chi connectivity index (χ0) is 15.0. The summed E-state index contributed by atoms with van der Waals surface area (Å²) in [5.74, 6) is 1.01. The second kappa shape index (κ2) is 5.58. The van der Waals surface area contributed by atoms with Gasteiger partial charge in [-0.25, -0.2) is 4.98 Å². The van der Waals surface area contributed by atoms with Gasteiger partial charge in [0, 0.05) is 18.7 Å². The van der Waals surface area contributed by atoms with Crippen LogP contribution in [0, 0.1) is 6.92 Å². The van der Waals surface area contributed by atoms with E-state index in [1.807, 2.05) is 39.0 Å². The van der Waals surface area contributed by atoms with E-state index in [0.717, 1.165) is 35.5 Å². The molecule has 21 heavy (non-hydrogen) atoms. The SMILES string of the molecule is Cc1nc2ccc(C(=O)CN3CC(C)OC(C)C3)cc2[nH]1. The normalized spacial score (nSPS) is 23.6. The van der Waals surface area contributed by atoms with E-state index < -0.39 is 0 Å². The molecule has 0 bridgehead atoms. The largest absolute Gasteiger partial charge is 0.373 e. The van der Waals surface area contributed by atoms with Gasteiger partial charge in [0.05, 0.1) is 29.8 Å². The van der Waals surface area contributed by atoms with Crippen molar-refractivity contribution >= 4 is 16.8 Å². The van der Waals surface area contributed by atoms with Crippen molar-refractivity contribution < 1.29 is 9.53 Å². The van der Waals surface area contributed by atoms with Crippen molar-refractivity contribution in [3.05, 3.63) is 29.6 Å². The van der Waals surface area contributed by atoms with Crippen LogP contribution in [0.1, 0.15) is 30.0 Å². The van der Waals surface area contributed by atoms with Crippen molar-refractivity contribution in [1.29, 1.82) is 0 Å². The molecule has 2 atom stereocenters. The van der Waals surface area contributed by atoms with E-state index in [-0.39, 0.29) is 18.0 Å². The summed E-state index contributed by atoms with van der Waals surface area (Å²) in [5, 5.41) is 0. The van der Waals surface area contributed by atoms with Crippen LogP contribution in [0.5, 0.6) is 0 Å². The number of nitrogens with zero attached hydrogens (tertiary/aromatic N) is 2. The Morgan fingerprint density at radius 2 is 2.10 bits per heavy atom. The van der Waals surface area contributed by atoms with Crippen molar-refractivity contribution in [2.75, 3.05) is 19.6 Å². The van der Waals surface area contributed by atoms with Gasteiger partial charge in [-0.1, -0.05) is 0 Å². The van der Waals surface area contributed by atoms with Crippen molar-refractivity contribution in [3.8, 4) is 0 Å². The number of morpholine rings is 1. The van der Waals surface area contributed by atoms with Crippen LogP contribution < -0.4 is 0 Å². The number of Topliss-reactive ketones (excluding diaryl/α,β-unsaturated/α-hetero) is 1. The molecule has 1 aliphatic rings. The number of aryl methyl sites for hydroxylation is 1. The summed E-state index contributed by atoms with van der Waals surface area (Å²) in [6.07, 6.45) is 0.360. The van der Waals surface area contributed by atoms with Gasteiger partial charge in [-0.3, -0.25) is 9.69 Å². The number of benzene rings is 1. The number of hydrogen-bond donors (Lipinski definition) is 1. The summed E-state index contributed by atoms with van der Waals surface area (Å²) in [6, 6.07) is 5.65. The number of rotatable bonds is 3. The molecule has 2 unspecified atom stereocenters. The van der Waals surface area contributed by atoms with Crippen LogP contribution in [0.2, 0.25) is 0 Å². The van der Waals surface area contributed by atoms with Crippen molar-refractivity contribution in [3.63, 3.8) is 0 Å². The lowest BCUT2D eigenvalue weighted by atomic mass is 10.1. The highest BCUT2D eigenvalue weighted by Gasteiger charge is 2.24. The average Bonchev–Trinajstić information content (AvgIpc) is 2.76. The van der Waals surface area contributed by atoms with Gasteiger partial charge in [0.1, 0.15) is 5.82 Å². The summed E-state index contributed by atoms with van der Waals surface area (Å²) in [5.41, 5.74) is 2.55. The standard InChI is InChI=1S/C16H21N3O2/c1-10-7-19(8-11(2)21-10)9-16(20)13-4-5-14-15(6-13)18-12(3)17-14/h4-6,10-11H,7-9H2,1-3H3,(H,17,18). The highest BCUT2D eigenvalue weighted by molar-refractivity contribution is 6.00. The zero-order valence-electron chi connectivity index (χ0n) is 12.7. The van der Waals surface area contributed by atoms with Gasteiger partial charge < -0.3 is 9.72 Å². The van der Waals surface area contributed by atoms with E-state index in [0.29, 0.717) is 6.54 Å². The number of ether oxygens (including phenoxy) is 1. The van der Waals surface area contributed by atoms with Crippen LogP contribution in [0.25, 0.3) is 11.0 Å². The maximum absolute atomic E-state index is 12.5. The average molecular weight is 287 g/mol. The van der Waals surface area contributed by atoms with Crippen molar-refractivity contribution in [2.24, 2.45) is 0 Å². The summed E-state index contributed by atoms with van der Waals surface area (Å²) in [4.78, 5) is 22.2. The molecular formula is C16H21N3O2. The van der Waals surface area contributed by atoms with Gasteiger partial charge in [0.2, 0.25) is 0 Å². The molecule has 1 fully saturated rings. The van der Waals surface area contributed by atoms with Gasteiger partial charge in [0.25, 0.3) is 0 Å². The third kappa shape index (κ3) is 3.14. The first kappa shape index (κ1) is 14.2. The minimum atomic E-state index is 0.144. The Labute approximate surface area is 124 Å². The molecule has 1 aromatic heterocycles. The zero-order valence-corrected chi connectivity index (χ0v) is 12.7. The van der Waals surface area contributed by atoms with Gasteiger partial charge in [-0.15, -0.1) is 0 Å². The Morgan fingerprint density at radius 1 is 1.38 bits per heavy atom. The molecule has 0 aliphatic carbocycles. The Balaban J connectivity index is 1.74. The van der Waals surface area contributed by atoms with E-state index >= 15 is 0 Å². The molecule has 2 aromatic rings. The number of carbonyl (C=O) groups excluding carboxylic acids is 1. The quantitative estimate of drug-likeness (QED) is 0.879. The smallest absolute Gasteiger partial charge is 0.176 e. The van der Waals surface area contributed by atoms with Crippen molar-refractivity contribution in [1.82, 2.24) is 14.9 Å². The van der Waals surface area contributed by atoms with E-state index in [9.17, 15) is 4.79 Å². The fourth-order valence-corrected chi connectivity index (χ4v) is 3.02. The van der Waals surface area contributed by atoms with Gasteiger partial charge in [-0.2, -0.15) is 0 Å². The lowest BCUT2D eigenvalue weighted by molar-refractivity contribution is -0.0652. The Morgan fingerprint density at radius 3 is 2.81 bits per heavy atom. The van der Waals surface area contributed by atoms with E-state index in [4.69, 9.17) is 4.74 Å². The number of carbonyl (C=O) groups is 1. The summed E-state index contributed by atoms with van der Waals surface area (Å²) >= 11 is 0. The monoisotopic (exact) mass is 287 g/mol. The third-order valence-electron chi connectivity index (χ3n) is 3.78. The van der Waals surface area contributed by atoms with Crippen molar-refractivity contribution in [2.45, 2.75) is 33.0 Å². The molecule has 2 heterocycles. The first-order valence-electron chi connectivity index (χ1n) is 7.38. The van der Waals surface area contributed by atoms with Crippen LogP contribution in [-0.4, -0.2) is 52.5 Å². The molecule has 0 spiro atoms. The number of imidazole rings is 1. The number of nitrogens with one attached hydrogen (secondary N) is 1. The van der Waals surface area contributed by atoms with E-state index in [2.05, 4.69) is 14.9 Å². The number of H-pyrrole nitrogens is 1. The molecule has 5 nitrogen and oxygen atoms in total. The minimum absolute atomic E-state index is 0.144. The van der Waals surface area contributed by atoms with E-state index in [1.165, 1.54) is 0 Å². The number of aromatic nitrogens is 2. The first-order chi connectivity index (χ1) is 10.0. The van der Waals surface area contributed by atoms with Gasteiger partial charge in [-0.05, 0) is 39.0 Å². The maximum Gasteiger partial charge on any atom is 0.176 e. The van der Waals surface area contributed by atoms with E-state index in [1.54, 1.807) is 0 Å². The fourth-order valence-electron chi connectivity index (χ4n) is 3.02. The molecule has 1 N–H and O–H groups in total. The molecule has 1 aromatic carbocycles. The lowest BCUT2D eigenvalue weighted by Gasteiger charge is -2.34. The second-order valence-corrected chi connectivity index (χ2v) is 5.93. The Hall–Kier alpha value is -1.72. The van der Waals surface area contributed by atoms with Crippen LogP contribution >= 0.6 is 0 Å². The molecule has 0 saturated carbocycles. The number of hydrogen-bond acceptors (Lipinski definition) is 4. The number of aromatic amines is 1. The second-order valence-electron chi connectivity index (χ2n) is 5.93. The topological polar surface area (TPSA) is 58.2 Å². The number of ketones is 1. The molecule has 1 aliphatic heterocycles. The van der Waals surface area contributed by atoms with Crippen LogP contribution in [0.4, 0.5) is 0 Å². The summed E-state index contributed by atoms with van der Waals surface area (Å²) in [6.45, 7) is 8.07. The highest BCUT2D eigenvalue weighted by atomic mass is 16.5. The molecular weight excluding hydrogens is 266 g/mol. The minimum Gasteiger partial charge on any atom is -0.373 e. The molecule has 3 rings (SSSR count). The summed E-state index contributed by atoms with van der Waals surface area (Å²) < 4.78 is 5.70. The first-order valence-corrected chi connectivity index (χ1v) is 7.38. The third-order valence-corrected chi connectivity index (χ3v) is 3.78. The molecule has 1 saturated heterocycles. The predicted molar refractivity (Wildman–Crippen MR) is 81.6 cm³/mol. The van der Waals surface area contributed by atoms with Crippen LogP contribution in [-0.2, 0) is 4.74 Å². The van der Waals surface area contributed by atoms with Gasteiger partial charge >= 0.3 is 0 Å². The fraction of sp³-hybridized carbons (Fsp3) is 0.500.